The average molecular weight is 703 g/mol. The first-order valence-corrected chi connectivity index (χ1v) is 12.5. The van der Waals surface area contributed by atoms with Crippen molar-refractivity contribution in [1.82, 2.24) is 0 Å². The molecule has 248 valence electrons. The second-order valence-electron chi connectivity index (χ2n) is 9.51. The molecule has 0 atom stereocenters. The van der Waals surface area contributed by atoms with Crippen LogP contribution in [0.25, 0.3) is 11.1 Å². The van der Waals surface area contributed by atoms with E-state index in [0.29, 0.717) is 0 Å². The zero-order valence-electron chi connectivity index (χ0n) is 23.6. The van der Waals surface area contributed by atoms with Crippen molar-refractivity contribution < 1.29 is 52.7 Å². The molecule has 0 amide bonds. The Morgan fingerprint density at radius 3 is 1.06 bits per heavy atom. The van der Waals surface area contributed by atoms with Gasteiger partial charge < -0.3 is 0 Å². The molecule has 0 spiro atoms. The van der Waals surface area contributed by atoms with Crippen molar-refractivity contribution in [2.45, 2.75) is 24.7 Å². The van der Waals surface area contributed by atoms with E-state index in [-0.39, 0.29) is 30.3 Å². The molecule has 0 heterocycles. The number of benzene rings is 3. The van der Waals surface area contributed by atoms with Gasteiger partial charge in [0.15, 0.2) is 0 Å². The highest BCUT2D eigenvalue weighted by molar-refractivity contribution is 5.85. The minimum Gasteiger partial charge on any atom is -0.192 e. The average Bonchev–Trinajstić information content (AvgIpc) is 3.02. The molecule has 0 bridgehead atoms. The van der Waals surface area contributed by atoms with E-state index in [2.05, 4.69) is 0 Å². The Morgan fingerprint density at radius 1 is 0.400 bits per heavy atom. The minimum atomic E-state index is -5.62. The second kappa shape index (κ2) is 12.9. The largest absolute Gasteiger partial charge is 0.417 e. The first-order chi connectivity index (χ1) is 23.0. The highest BCUT2D eigenvalue weighted by Crippen LogP contribution is 2.42. The monoisotopic (exact) mass is 703 g/mol. The van der Waals surface area contributed by atoms with Crippen LogP contribution in [0.4, 0.5) is 52.7 Å². The van der Waals surface area contributed by atoms with Gasteiger partial charge in [-0.3, -0.25) is 0 Å². The number of nitriles is 7. The number of hydrogen-bond acceptors (Lipinski definition) is 7. The molecular weight excluding hydrogens is 698 g/mol. The molecule has 3 aromatic carbocycles. The first-order valence-electron chi connectivity index (χ1n) is 12.5. The molecule has 3 rings (SSSR count). The normalized spacial score (nSPS) is 12.9. The predicted octanol–water partition coefficient (Wildman–Crippen LogP) is 6.57. The molecular formula is C31H5F12N7. The highest BCUT2D eigenvalue weighted by Gasteiger charge is 2.42. The molecule has 19 heteroatoms. The van der Waals surface area contributed by atoms with Crippen LogP contribution in [0.1, 0.15) is 61.2 Å². The number of rotatable bonds is 2. The summed E-state index contributed by atoms with van der Waals surface area (Å²) in [5.41, 5.74) is -21.4. The molecule has 0 saturated carbocycles. The van der Waals surface area contributed by atoms with Crippen LogP contribution in [0, 0.1) is 79.3 Å². The van der Waals surface area contributed by atoms with Crippen molar-refractivity contribution in [1.29, 1.82) is 36.8 Å². The van der Waals surface area contributed by atoms with Gasteiger partial charge in [0.2, 0.25) is 0 Å². The molecule has 50 heavy (non-hydrogen) atoms. The summed E-state index contributed by atoms with van der Waals surface area (Å²) in [5.74, 6) is 0. The van der Waals surface area contributed by atoms with E-state index in [1.54, 1.807) is 0 Å². The Labute approximate surface area is 270 Å². The Bertz CT molecular complexity index is 2400. The van der Waals surface area contributed by atoms with Crippen LogP contribution in [-0.2, 0) is 24.7 Å². The summed E-state index contributed by atoms with van der Waals surface area (Å²) < 4.78 is 167. The van der Waals surface area contributed by atoms with Crippen molar-refractivity contribution in [3.05, 3.63) is 102 Å². The maximum absolute atomic E-state index is 14.1. The lowest BCUT2D eigenvalue weighted by molar-refractivity contribution is -0.141. The quantitative estimate of drug-likeness (QED) is 0.272. The number of nitrogens with zero attached hydrogens (tertiary/aromatic N) is 7. The fourth-order valence-corrected chi connectivity index (χ4v) is 4.71. The summed E-state index contributed by atoms with van der Waals surface area (Å²) >= 11 is 0. The molecule has 0 aliphatic carbocycles. The van der Waals surface area contributed by atoms with Crippen molar-refractivity contribution in [2.24, 2.45) is 0 Å². The predicted molar refractivity (Wildman–Crippen MR) is 138 cm³/mol. The van der Waals surface area contributed by atoms with E-state index in [1.807, 2.05) is 0 Å². The van der Waals surface area contributed by atoms with Gasteiger partial charge in [0.25, 0.3) is 0 Å². The molecule has 0 unspecified atom stereocenters. The Balaban J connectivity index is 2.85. The van der Waals surface area contributed by atoms with Gasteiger partial charge in [-0.15, -0.1) is 0 Å². The molecule has 0 saturated heterocycles. The molecule has 7 nitrogen and oxygen atoms in total. The van der Waals surface area contributed by atoms with Crippen LogP contribution >= 0.6 is 0 Å². The van der Waals surface area contributed by atoms with Crippen LogP contribution in [-0.4, -0.2) is 0 Å². The number of hydrogen-bond donors (Lipinski definition) is 0. The van der Waals surface area contributed by atoms with Crippen LogP contribution < -0.4 is 10.4 Å². The van der Waals surface area contributed by atoms with Crippen LogP contribution in [0.2, 0.25) is 0 Å². The zero-order chi connectivity index (χ0) is 38.1. The van der Waals surface area contributed by atoms with Crippen molar-refractivity contribution in [3.8, 4) is 42.5 Å². The SMILES string of the molecule is N#C/C(c1cc(C(F)(F)F)c(C#N)cc1C(F)(F)F)=c1/cc(C#N)/c(=C(\C#N)c2cc(C(F)(F)F)c(C#N)cc2C(F)(F)F)c(C#N)c1C#N. The Morgan fingerprint density at radius 2 is 0.760 bits per heavy atom. The maximum Gasteiger partial charge on any atom is 0.417 e. The lowest BCUT2D eigenvalue weighted by Crippen LogP contribution is -2.27. The fraction of sp³-hybridized carbons (Fsp3) is 0.129. The topological polar surface area (TPSA) is 167 Å². The van der Waals surface area contributed by atoms with Crippen molar-refractivity contribution >= 4 is 11.1 Å². The first kappa shape index (κ1) is 37.4. The van der Waals surface area contributed by atoms with Crippen LogP contribution in [0.5, 0.6) is 0 Å². The summed E-state index contributed by atoms with van der Waals surface area (Å²) in [7, 11) is 0. The van der Waals surface area contributed by atoms with Crippen LogP contribution in [0.3, 0.4) is 0 Å². The summed E-state index contributed by atoms with van der Waals surface area (Å²) in [5, 5.41) is 65.2. The molecule has 0 aromatic heterocycles. The molecule has 0 aliphatic rings. The Hall–Kier alpha value is -7.01. The lowest BCUT2D eigenvalue weighted by atomic mass is 9.87. The zero-order valence-corrected chi connectivity index (χ0v) is 23.6. The molecule has 0 aliphatic heterocycles. The van der Waals surface area contributed by atoms with E-state index in [1.165, 1.54) is 18.2 Å². The van der Waals surface area contributed by atoms with Gasteiger partial charge in [0.1, 0.15) is 24.3 Å². The number of halogens is 12. The smallest absolute Gasteiger partial charge is 0.192 e. The van der Waals surface area contributed by atoms with E-state index < -0.39 is 107 Å². The summed E-state index contributed by atoms with van der Waals surface area (Å²) in [6.07, 6.45) is -22.2. The van der Waals surface area contributed by atoms with Gasteiger partial charge in [-0.05, 0) is 30.3 Å². The standard InChI is InChI=1S/C31H5F12N7/c32-28(33,34)23-4-17(25(30(38,39)40)2-13(23)6-44)19(9-47)16-1-15(8-46)27(22(12-50)20(16)10-48)21(11-49)18-5-24(29(35,36)37)14(7-45)3-26(18)31(41,42)43/h1-5H/b19-16+,27-21-. The van der Waals surface area contributed by atoms with Gasteiger partial charge >= 0.3 is 24.7 Å². The van der Waals surface area contributed by atoms with Crippen molar-refractivity contribution in [3.63, 3.8) is 0 Å². The highest BCUT2D eigenvalue weighted by atomic mass is 19.4. The van der Waals surface area contributed by atoms with Gasteiger partial charge in [-0.2, -0.15) is 89.5 Å². The van der Waals surface area contributed by atoms with E-state index in [4.69, 9.17) is 10.5 Å². The molecule has 0 radical (unpaired) electrons. The van der Waals surface area contributed by atoms with Crippen LogP contribution in [0.15, 0.2) is 30.3 Å². The van der Waals surface area contributed by atoms with E-state index in [9.17, 15) is 79.0 Å². The van der Waals surface area contributed by atoms with Gasteiger partial charge in [-0.25, -0.2) is 0 Å². The third kappa shape index (κ3) is 6.69. The summed E-state index contributed by atoms with van der Waals surface area (Å²) in [6.45, 7) is 0. The third-order valence-corrected chi connectivity index (χ3v) is 6.73. The third-order valence-electron chi connectivity index (χ3n) is 6.73. The molecule has 3 aromatic rings. The van der Waals surface area contributed by atoms with Gasteiger partial charge in [0.05, 0.1) is 79.4 Å². The second-order valence-corrected chi connectivity index (χ2v) is 9.51. The maximum atomic E-state index is 14.1. The van der Waals surface area contributed by atoms with E-state index in [0.717, 1.165) is 24.3 Å². The molecule has 0 N–H and O–H groups in total. The summed E-state index contributed by atoms with van der Waals surface area (Å²) in [6, 6.07) is 6.88. The van der Waals surface area contributed by atoms with Gasteiger partial charge in [0, 0.05) is 21.6 Å². The fourth-order valence-electron chi connectivity index (χ4n) is 4.71. The van der Waals surface area contributed by atoms with E-state index >= 15 is 0 Å². The molecule has 0 fully saturated rings. The van der Waals surface area contributed by atoms with Crippen molar-refractivity contribution in [2.75, 3.05) is 0 Å². The summed E-state index contributed by atoms with van der Waals surface area (Å²) in [4.78, 5) is 0. The number of alkyl halides is 12. The minimum absolute atomic E-state index is 0.262. The van der Waals surface area contributed by atoms with Gasteiger partial charge in [-0.1, -0.05) is 0 Å². The Kier molecular flexibility index (Phi) is 9.65. The lowest BCUT2D eigenvalue weighted by Gasteiger charge is -2.18.